The molecule has 1 aliphatic rings. The van der Waals surface area contributed by atoms with E-state index in [-0.39, 0.29) is 15.9 Å². The van der Waals surface area contributed by atoms with Gasteiger partial charge in [-0.1, -0.05) is 31.5 Å². The summed E-state index contributed by atoms with van der Waals surface area (Å²) in [7, 11) is -3.67. The largest absolute Gasteiger partial charge is 0.487 e. The third kappa shape index (κ3) is 3.58. The summed E-state index contributed by atoms with van der Waals surface area (Å²) in [5, 5.41) is 0. The Kier molecular flexibility index (Phi) is 4.34. The van der Waals surface area contributed by atoms with Crippen molar-refractivity contribution in [2.45, 2.75) is 63.9 Å². The molecule has 0 unspecified atom stereocenters. The minimum absolute atomic E-state index is 0.169. The summed E-state index contributed by atoms with van der Waals surface area (Å²) in [6, 6.07) is 10.8. The number of benzene rings is 2. The molecule has 0 radical (unpaired) electrons. The van der Waals surface area contributed by atoms with Gasteiger partial charge in [-0.25, -0.2) is 8.42 Å². The first-order chi connectivity index (χ1) is 11.9. The molecule has 0 aliphatic carbocycles. The van der Waals surface area contributed by atoms with E-state index in [9.17, 15) is 8.42 Å². The molecular weight excluding hydrogens is 346 g/mol. The fraction of sp³-hybridized carbons (Fsp3) is 0.429. The van der Waals surface area contributed by atoms with E-state index in [0.29, 0.717) is 5.69 Å². The molecule has 140 valence electrons. The van der Waals surface area contributed by atoms with Crippen molar-refractivity contribution < 1.29 is 13.2 Å². The van der Waals surface area contributed by atoms with Crippen LogP contribution in [-0.4, -0.2) is 14.0 Å². The molecule has 2 aromatic rings. The van der Waals surface area contributed by atoms with Crippen LogP contribution < -0.4 is 9.46 Å². The average molecular weight is 374 g/mol. The quantitative estimate of drug-likeness (QED) is 0.829. The number of hydrogen-bond donors (Lipinski definition) is 1. The average Bonchev–Trinajstić information content (AvgIpc) is 2.48. The Bertz CT molecular complexity index is 942. The second-order valence-corrected chi connectivity index (χ2v) is 10.2. The SMILES string of the molecule is Cc1ccc(NS(=O)(=O)c2cc(C)c3c(c2)C(C)(C)CC(C)(C)O3)cc1. The molecule has 26 heavy (non-hydrogen) atoms. The molecule has 1 N–H and O–H groups in total. The van der Waals surface area contributed by atoms with E-state index in [2.05, 4.69) is 32.4 Å². The van der Waals surface area contributed by atoms with Crippen LogP contribution in [0.4, 0.5) is 5.69 Å². The molecule has 1 aliphatic heterocycles. The van der Waals surface area contributed by atoms with E-state index in [0.717, 1.165) is 28.9 Å². The van der Waals surface area contributed by atoms with E-state index in [1.165, 1.54) is 0 Å². The monoisotopic (exact) mass is 373 g/mol. The van der Waals surface area contributed by atoms with Crippen LogP contribution in [-0.2, 0) is 15.4 Å². The Balaban J connectivity index is 2.04. The normalized spacial score (nSPS) is 17.9. The molecule has 2 aromatic carbocycles. The molecule has 0 saturated heterocycles. The number of sulfonamides is 1. The standard InChI is InChI=1S/C21H27NO3S/c1-14-7-9-16(10-8-14)22-26(23,24)17-11-15(2)19-18(12-17)20(3,4)13-21(5,6)25-19/h7-12,22H,13H2,1-6H3. The number of fused-ring (bicyclic) bond motifs is 1. The Morgan fingerprint density at radius 3 is 2.23 bits per heavy atom. The van der Waals surface area contributed by atoms with Crippen LogP contribution in [0.2, 0.25) is 0 Å². The van der Waals surface area contributed by atoms with Gasteiger partial charge in [0.1, 0.15) is 11.4 Å². The predicted octanol–water partition coefficient (Wildman–Crippen LogP) is 4.94. The van der Waals surface area contributed by atoms with Crippen molar-refractivity contribution in [2.24, 2.45) is 0 Å². The summed E-state index contributed by atoms with van der Waals surface area (Å²) in [5.74, 6) is 0.806. The first-order valence-corrected chi connectivity index (χ1v) is 10.3. The van der Waals surface area contributed by atoms with Gasteiger partial charge in [-0.3, -0.25) is 4.72 Å². The van der Waals surface area contributed by atoms with Crippen molar-refractivity contribution in [2.75, 3.05) is 4.72 Å². The number of hydrogen-bond acceptors (Lipinski definition) is 3. The molecule has 4 nitrogen and oxygen atoms in total. The second-order valence-electron chi connectivity index (χ2n) is 8.51. The summed E-state index contributed by atoms with van der Waals surface area (Å²) < 4.78 is 34.7. The number of aryl methyl sites for hydroxylation is 2. The van der Waals surface area contributed by atoms with Crippen molar-refractivity contribution in [3.8, 4) is 5.75 Å². The summed E-state index contributed by atoms with van der Waals surface area (Å²) in [5.41, 5.74) is 2.98. The van der Waals surface area contributed by atoms with E-state index in [1.807, 2.05) is 26.0 Å². The maximum atomic E-state index is 12.9. The minimum Gasteiger partial charge on any atom is -0.487 e. The van der Waals surface area contributed by atoms with Crippen molar-refractivity contribution >= 4 is 15.7 Å². The predicted molar refractivity (Wildman–Crippen MR) is 106 cm³/mol. The van der Waals surface area contributed by atoms with Gasteiger partial charge >= 0.3 is 0 Å². The Labute approximate surface area is 156 Å². The maximum absolute atomic E-state index is 12.9. The molecule has 3 rings (SSSR count). The van der Waals surface area contributed by atoms with Crippen LogP contribution in [0.3, 0.4) is 0 Å². The lowest BCUT2D eigenvalue weighted by Crippen LogP contribution is -2.41. The van der Waals surface area contributed by atoms with Gasteiger partial charge in [0, 0.05) is 11.3 Å². The topological polar surface area (TPSA) is 55.4 Å². The van der Waals surface area contributed by atoms with E-state index < -0.39 is 10.0 Å². The smallest absolute Gasteiger partial charge is 0.261 e. The highest BCUT2D eigenvalue weighted by Gasteiger charge is 2.40. The first kappa shape index (κ1) is 18.8. The third-order valence-corrected chi connectivity index (χ3v) is 6.20. The first-order valence-electron chi connectivity index (χ1n) is 8.83. The fourth-order valence-electron chi connectivity index (χ4n) is 3.84. The highest BCUT2D eigenvalue weighted by Crippen LogP contribution is 2.47. The fourth-order valence-corrected chi connectivity index (χ4v) is 5.01. The number of nitrogens with one attached hydrogen (secondary N) is 1. The van der Waals surface area contributed by atoms with Crippen LogP contribution in [0.15, 0.2) is 41.3 Å². The van der Waals surface area contributed by atoms with Gasteiger partial charge in [0.15, 0.2) is 0 Å². The third-order valence-electron chi connectivity index (χ3n) is 4.84. The highest BCUT2D eigenvalue weighted by atomic mass is 32.2. The van der Waals surface area contributed by atoms with Crippen molar-refractivity contribution in [1.29, 1.82) is 0 Å². The summed E-state index contributed by atoms with van der Waals surface area (Å²) in [6.07, 6.45) is 0.821. The van der Waals surface area contributed by atoms with Gasteiger partial charge in [-0.2, -0.15) is 0 Å². The minimum atomic E-state index is -3.67. The van der Waals surface area contributed by atoms with Crippen LogP contribution in [0.1, 0.15) is 50.8 Å². The number of ether oxygens (including phenoxy) is 1. The van der Waals surface area contributed by atoms with Gasteiger partial charge in [0.25, 0.3) is 10.0 Å². The zero-order valence-electron chi connectivity index (χ0n) is 16.3. The Morgan fingerprint density at radius 1 is 1.00 bits per heavy atom. The molecule has 0 spiro atoms. The van der Waals surface area contributed by atoms with Crippen LogP contribution in [0, 0.1) is 13.8 Å². The molecule has 5 heteroatoms. The van der Waals surface area contributed by atoms with Crippen LogP contribution in [0.5, 0.6) is 5.75 Å². The van der Waals surface area contributed by atoms with E-state index in [4.69, 9.17) is 4.74 Å². The second kappa shape index (κ2) is 6.02. The van der Waals surface area contributed by atoms with E-state index in [1.54, 1.807) is 24.3 Å². The number of anilines is 1. The van der Waals surface area contributed by atoms with Crippen molar-refractivity contribution in [3.05, 3.63) is 53.1 Å². The van der Waals surface area contributed by atoms with Gasteiger partial charge < -0.3 is 4.74 Å². The lowest BCUT2D eigenvalue weighted by molar-refractivity contribution is 0.0523. The Morgan fingerprint density at radius 2 is 1.62 bits per heavy atom. The van der Waals surface area contributed by atoms with Gasteiger partial charge in [0.2, 0.25) is 0 Å². The van der Waals surface area contributed by atoms with Gasteiger partial charge in [-0.15, -0.1) is 0 Å². The molecule has 0 fully saturated rings. The molecule has 0 amide bonds. The molecular formula is C21H27NO3S. The van der Waals surface area contributed by atoms with Gasteiger partial charge in [0.05, 0.1) is 4.90 Å². The molecule has 0 bridgehead atoms. The van der Waals surface area contributed by atoms with Crippen molar-refractivity contribution in [1.82, 2.24) is 0 Å². The van der Waals surface area contributed by atoms with Crippen LogP contribution in [0.25, 0.3) is 0 Å². The zero-order valence-corrected chi connectivity index (χ0v) is 17.1. The lowest BCUT2D eigenvalue weighted by Gasteiger charge is -2.43. The summed E-state index contributed by atoms with van der Waals surface area (Å²) in [4.78, 5) is 0.269. The summed E-state index contributed by atoms with van der Waals surface area (Å²) in [6.45, 7) is 12.3. The van der Waals surface area contributed by atoms with Gasteiger partial charge in [-0.05, 0) is 69.4 Å². The Hall–Kier alpha value is -2.01. The molecule has 0 saturated carbocycles. The maximum Gasteiger partial charge on any atom is 0.261 e. The zero-order chi connectivity index (χ0) is 19.3. The lowest BCUT2D eigenvalue weighted by atomic mass is 9.73. The highest BCUT2D eigenvalue weighted by molar-refractivity contribution is 7.92. The van der Waals surface area contributed by atoms with Crippen molar-refractivity contribution in [3.63, 3.8) is 0 Å². The van der Waals surface area contributed by atoms with Crippen LogP contribution >= 0.6 is 0 Å². The summed E-state index contributed by atoms with van der Waals surface area (Å²) >= 11 is 0. The molecule has 0 aromatic heterocycles. The van der Waals surface area contributed by atoms with E-state index >= 15 is 0 Å². The molecule has 1 heterocycles. The molecule has 0 atom stereocenters. The number of rotatable bonds is 3.